The monoisotopic (exact) mass is 358 g/mol. The van der Waals surface area contributed by atoms with Gasteiger partial charge in [-0.05, 0) is 30.2 Å². The van der Waals surface area contributed by atoms with E-state index in [0.717, 1.165) is 32.7 Å². The number of halogens is 1. The standard InChI is InChI=1S/C19H23ClN4O/c1-15-10-16(12-21-11-15)13-23-6-8-24(9-7-23)14-19(25)22-18-5-3-2-4-17(18)20/h2-5,10-12H,6-9,13-14H2,1H3,(H,22,25). The van der Waals surface area contributed by atoms with Gasteiger partial charge in [-0.1, -0.05) is 29.8 Å². The molecular weight excluding hydrogens is 336 g/mol. The molecule has 2 aromatic rings. The average molecular weight is 359 g/mol. The van der Waals surface area contributed by atoms with Crippen LogP contribution >= 0.6 is 11.6 Å². The minimum atomic E-state index is -0.0237. The molecule has 1 aliphatic rings. The van der Waals surface area contributed by atoms with E-state index in [2.05, 4.69) is 33.1 Å². The van der Waals surface area contributed by atoms with Crippen LogP contribution in [0, 0.1) is 6.92 Å². The van der Waals surface area contributed by atoms with Crippen LogP contribution in [-0.4, -0.2) is 53.4 Å². The molecule has 3 rings (SSSR count). The Hall–Kier alpha value is -1.95. The van der Waals surface area contributed by atoms with Crippen molar-refractivity contribution in [1.82, 2.24) is 14.8 Å². The highest BCUT2D eigenvalue weighted by molar-refractivity contribution is 6.33. The minimum absolute atomic E-state index is 0.0237. The minimum Gasteiger partial charge on any atom is -0.324 e. The summed E-state index contributed by atoms with van der Waals surface area (Å²) >= 11 is 6.08. The fourth-order valence-electron chi connectivity index (χ4n) is 3.02. The second kappa shape index (κ2) is 8.43. The van der Waals surface area contributed by atoms with E-state index in [-0.39, 0.29) is 5.91 Å². The van der Waals surface area contributed by atoms with Crippen LogP contribution in [0.4, 0.5) is 5.69 Å². The third kappa shape index (κ3) is 5.26. The van der Waals surface area contributed by atoms with Crippen molar-refractivity contribution in [3.63, 3.8) is 0 Å². The zero-order valence-electron chi connectivity index (χ0n) is 14.4. The molecule has 1 saturated heterocycles. The van der Waals surface area contributed by atoms with Gasteiger partial charge in [-0.3, -0.25) is 19.6 Å². The highest BCUT2D eigenvalue weighted by Crippen LogP contribution is 2.20. The van der Waals surface area contributed by atoms with Gasteiger partial charge in [-0.15, -0.1) is 0 Å². The first-order valence-corrected chi connectivity index (χ1v) is 8.87. The number of aryl methyl sites for hydroxylation is 1. The van der Waals surface area contributed by atoms with E-state index in [9.17, 15) is 4.79 Å². The summed E-state index contributed by atoms with van der Waals surface area (Å²) in [7, 11) is 0. The molecule has 1 fully saturated rings. The maximum Gasteiger partial charge on any atom is 0.238 e. The molecule has 0 atom stereocenters. The summed E-state index contributed by atoms with van der Waals surface area (Å²) in [6.07, 6.45) is 3.80. The van der Waals surface area contributed by atoms with Crippen molar-refractivity contribution in [2.24, 2.45) is 0 Å². The number of aromatic nitrogens is 1. The van der Waals surface area contributed by atoms with E-state index in [1.807, 2.05) is 30.6 Å². The van der Waals surface area contributed by atoms with Crippen molar-refractivity contribution in [3.8, 4) is 0 Å². The number of hydrogen-bond acceptors (Lipinski definition) is 4. The molecule has 1 aliphatic heterocycles. The number of para-hydroxylation sites is 1. The number of pyridine rings is 1. The first-order valence-electron chi connectivity index (χ1n) is 8.50. The Morgan fingerprint density at radius 3 is 2.60 bits per heavy atom. The number of nitrogens with one attached hydrogen (secondary N) is 1. The van der Waals surface area contributed by atoms with Gasteiger partial charge in [0.1, 0.15) is 0 Å². The molecule has 0 unspecified atom stereocenters. The van der Waals surface area contributed by atoms with Crippen LogP contribution in [-0.2, 0) is 11.3 Å². The van der Waals surface area contributed by atoms with Crippen LogP contribution in [0.1, 0.15) is 11.1 Å². The SMILES string of the molecule is Cc1cncc(CN2CCN(CC(=O)Nc3ccccc3Cl)CC2)c1. The number of carbonyl (C=O) groups excluding carboxylic acids is 1. The van der Waals surface area contributed by atoms with Gasteiger partial charge in [-0.2, -0.15) is 0 Å². The number of rotatable bonds is 5. The van der Waals surface area contributed by atoms with Crippen molar-refractivity contribution in [1.29, 1.82) is 0 Å². The number of amides is 1. The fourth-order valence-corrected chi connectivity index (χ4v) is 3.21. The molecule has 0 aliphatic carbocycles. The summed E-state index contributed by atoms with van der Waals surface area (Å²) in [4.78, 5) is 21.0. The van der Waals surface area contributed by atoms with E-state index in [1.165, 1.54) is 11.1 Å². The van der Waals surface area contributed by atoms with E-state index < -0.39 is 0 Å². The zero-order chi connectivity index (χ0) is 17.6. The third-order valence-corrected chi connectivity index (χ3v) is 4.65. The molecule has 0 saturated carbocycles. The van der Waals surface area contributed by atoms with Gasteiger partial charge in [0.2, 0.25) is 5.91 Å². The highest BCUT2D eigenvalue weighted by Gasteiger charge is 2.19. The summed E-state index contributed by atoms with van der Waals surface area (Å²) in [6.45, 7) is 7.04. The normalized spacial score (nSPS) is 15.9. The fraction of sp³-hybridized carbons (Fsp3) is 0.368. The van der Waals surface area contributed by atoms with E-state index in [0.29, 0.717) is 17.3 Å². The Morgan fingerprint density at radius 1 is 1.16 bits per heavy atom. The molecule has 0 radical (unpaired) electrons. The lowest BCUT2D eigenvalue weighted by Gasteiger charge is -2.34. The first kappa shape index (κ1) is 17.9. The maximum atomic E-state index is 12.2. The Kier molecular flexibility index (Phi) is 6.02. The Balaban J connectivity index is 1.44. The maximum absolute atomic E-state index is 12.2. The van der Waals surface area contributed by atoms with Crippen molar-refractivity contribution in [2.45, 2.75) is 13.5 Å². The van der Waals surface area contributed by atoms with Gasteiger partial charge >= 0.3 is 0 Å². The third-order valence-electron chi connectivity index (χ3n) is 4.32. The molecule has 1 N–H and O–H groups in total. The van der Waals surface area contributed by atoms with Gasteiger partial charge in [-0.25, -0.2) is 0 Å². The van der Waals surface area contributed by atoms with Crippen LogP contribution in [0.3, 0.4) is 0 Å². The molecule has 1 aromatic heterocycles. The van der Waals surface area contributed by atoms with E-state index in [4.69, 9.17) is 11.6 Å². The molecule has 2 heterocycles. The quantitative estimate of drug-likeness (QED) is 0.892. The van der Waals surface area contributed by atoms with Crippen LogP contribution in [0.25, 0.3) is 0 Å². The van der Waals surface area contributed by atoms with Crippen LogP contribution < -0.4 is 5.32 Å². The first-order chi connectivity index (χ1) is 12.1. The zero-order valence-corrected chi connectivity index (χ0v) is 15.2. The molecule has 1 amide bonds. The summed E-state index contributed by atoms with van der Waals surface area (Å²) < 4.78 is 0. The van der Waals surface area contributed by atoms with Crippen molar-refractivity contribution in [3.05, 3.63) is 58.9 Å². The predicted molar refractivity (Wildman–Crippen MR) is 101 cm³/mol. The summed E-state index contributed by atoms with van der Waals surface area (Å²) in [6, 6.07) is 9.47. The Labute approximate surface area is 153 Å². The van der Waals surface area contributed by atoms with Crippen LogP contribution in [0.15, 0.2) is 42.7 Å². The number of carbonyl (C=O) groups is 1. The number of nitrogens with zero attached hydrogens (tertiary/aromatic N) is 3. The number of anilines is 1. The second-order valence-corrected chi connectivity index (χ2v) is 6.86. The van der Waals surface area contributed by atoms with Crippen LogP contribution in [0.2, 0.25) is 5.02 Å². The largest absolute Gasteiger partial charge is 0.324 e. The molecule has 25 heavy (non-hydrogen) atoms. The summed E-state index contributed by atoms with van der Waals surface area (Å²) in [5.41, 5.74) is 3.09. The van der Waals surface area contributed by atoms with E-state index >= 15 is 0 Å². The average Bonchev–Trinajstić information content (AvgIpc) is 2.59. The lowest BCUT2D eigenvalue weighted by atomic mass is 10.2. The van der Waals surface area contributed by atoms with Crippen molar-refractivity contribution >= 4 is 23.2 Å². The molecule has 132 valence electrons. The smallest absolute Gasteiger partial charge is 0.238 e. The molecule has 6 heteroatoms. The molecule has 5 nitrogen and oxygen atoms in total. The summed E-state index contributed by atoms with van der Waals surface area (Å²) in [5, 5.41) is 3.44. The van der Waals surface area contributed by atoms with Gasteiger partial charge in [0.25, 0.3) is 0 Å². The van der Waals surface area contributed by atoms with Gasteiger partial charge in [0.05, 0.1) is 17.3 Å². The lowest BCUT2D eigenvalue weighted by molar-refractivity contribution is -0.117. The van der Waals surface area contributed by atoms with Crippen molar-refractivity contribution < 1.29 is 4.79 Å². The number of piperazine rings is 1. The molecular formula is C19H23ClN4O. The summed E-state index contributed by atoms with van der Waals surface area (Å²) in [5.74, 6) is -0.0237. The lowest BCUT2D eigenvalue weighted by Crippen LogP contribution is -2.48. The molecule has 0 spiro atoms. The Morgan fingerprint density at radius 2 is 1.88 bits per heavy atom. The van der Waals surface area contributed by atoms with Gasteiger partial charge in [0.15, 0.2) is 0 Å². The number of benzene rings is 1. The van der Waals surface area contributed by atoms with Crippen molar-refractivity contribution in [2.75, 3.05) is 38.0 Å². The Bertz CT molecular complexity index is 729. The highest BCUT2D eigenvalue weighted by atomic mass is 35.5. The topological polar surface area (TPSA) is 48.5 Å². The van der Waals surface area contributed by atoms with Gasteiger partial charge in [0, 0.05) is 45.1 Å². The number of hydrogen-bond donors (Lipinski definition) is 1. The van der Waals surface area contributed by atoms with Gasteiger partial charge < -0.3 is 5.32 Å². The van der Waals surface area contributed by atoms with E-state index in [1.54, 1.807) is 6.07 Å². The molecule has 1 aromatic carbocycles. The van der Waals surface area contributed by atoms with Crippen LogP contribution in [0.5, 0.6) is 0 Å². The predicted octanol–water partition coefficient (Wildman–Crippen LogP) is 2.80. The second-order valence-electron chi connectivity index (χ2n) is 6.45. The molecule has 0 bridgehead atoms.